The van der Waals surface area contributed by atoms with E-state index in [0.717, 1.165) is 16.9 Å². The second kappa shape index (κ2) is 5.58. The highest BCUT2D eigenvalue weighted by Crippen LogP contribution is 2.28. The fraction of sp³-hybridized carbons (Fsp3) is 0.333. The predicted molar refractivity (Wildman–Crippen MR) is 77.9 cm³/mol. The second-order valence-electron chi connectivity index (χ2n) is 4.62. The van der Waals surface area contributed by atoms with Crippen LogP contribution in [0.1, 0.15) is 20.1 Å². The normalized spacial score (nSPS) is 12.0. The van der Waals surface area contributed by atoms with E-state index in [0.29, 0.717) is 4.88 Å². The van der Waals surface area contributed by atoms with Gasteiger partial charge in [0.2, 0.25) is 10.0 Å². The SMILES string of the molecule is Cc1sc(C(=O)O)cc1S(=O)(=O)N(C)Cc1cnn(C)c1. The van der Waals surface area contributed by atoms with Gasteiger partial charge in [-0.15, -0.1) is 11.3 Å². The molecule has 0 aliphatic heterocycles. The maximum Gasteiger partial charge on any atom is 0.345 e. The summed E-state index contributed by atoms with van der Waals surface area (Å²) < 4.78 is 27.8. The maximum absolute atomic E-state index is 12.5. The van der Waals surface area contributed by atoms with Gasteiger partial charge in [-0.05, 0) is 13.0 Å². The van der Waals surface area contributed by atoms with Crippen molar-refractivity contribution in [1.29, 1.82) is 0 Å². The third-order valence-corrected chi connectivity index (χ3v) is 6.03. The highest BCUT2D eigenvalue weighted by Gasteiger charge is 2.26. The maximum atomic E-state index is 12.5. The van der Waals surface area contributed by atoms with Gasteiger partial charge >= 0.3 is 5.97 Å². The monoisotopic (exact) mass is 329 g/mol. The summed E-state index contributed by atoms with van der Waals surface area (Å²) in [6.45, 7) is 1.77. The van der Waals surface area contributed by atoms with Crippen LogP contribution in [-0.4, -0.2) is 40.6 Å². The number of hydrogen-bond acceptors (Lipinski definition) is 5. The average Bonchev–Trinajstić information content (AvgIpc) is 2.96. The van der Waals surface area contributed by atoms with E-state index < -0.39 is 16.0 Å². The Bertz CT molecular complexity index is 776. The van der Waals surface area contributed by atoms with E-state index in [4.69, 9.17) is 5.11 Å². The van der Waals surface area contributed by atoms with E-state index >= 15 is 0 Å². The van der Waals surface area contributed by atoms with E-state index in [-0.39, 0.29) is 16.3 Å². The van der Waals surface area contributed by atoms with Gasteiger partial charge in [-0.3, -0.25) is 4.68 Å². The lowest BCUT2D eigenvalue weighted by Gasteiger charge is -2.16. The van der Waals surface area contributed by atoms with E-state index in [1.54, 1.807) is 31.0 Å². The van der Waals surface area contributed by atoms with Crippen LogP contribution in [0.2, 0.25) is 0 Å². The highest BCUT2D eigenvalue weighted by atomic mass is 32.2. The van der Waals surface area contributed by atoms with Gasteiger partial charge in [0.1, 0.15) is 4.88 Å². The largest absolute Gasteiger partial charge is 0.477 e. The Morgan fingerprint density at radius 2 is 2.19 bits per heavy atom. The molecule has 0 fully saturated rings. The van der Waals surface area contributed by atoms with Crippen molar-refractivity contribution in [3.8, 4) is 0 Å². The van der Waals surface area contributed by atoms with Crippen LogP contribution < -0.4 is 0 Å². The topological polar surface area (TPSA) is 92.5 Å². The molecule has 0 aromatic carbocycles. The number of thiophene rings is 1. The minimum Gasteiger partial charge on any atom is -0.477 e. The fourth-order valence-corrected chi connectivity index (χ4v) is 4.44. The highest BCUT2D eigenvalue weighted by molar-refractivity contribution is 7.89. The predicted octanol–water partition coefficient (Wildman–Crippen LogP) is 1.31. The molecule has 2 aromatic rings. The van der Waals surface area contributed by atoms with E-state index in [1.807, 2.05) is 0 Å². The van der Waals surface area contributed by atoms with Crippen LogP contribution >= 0.6 is 11.3 Å². The molecule has 2 rings (SSSR count). The van der Waals surface area contributed by atoms with Gasteiger partial charge < -0.3 is 5.11 Å². The van der Waals surface area contributed by atoms with Crippen LogP contribution in [0, 0.1) is 6.92 Å². The van der Waals surface area contributed by atoms with Gasteiger partial charge in [-0.1, -0.05) is 0 Å². The molecule has 0 atom stereocenters. The zero-order valence-corrected chi connectivity index (χ0v) is 13.4. The first-order chi connectivity index (χ1) is 9.71. The molecular weight excluding hydrogens is 314 g/mol. The molecule has 9 heteroatoms. The Labute approximate surface area is 126 Å². The molecule has 0 radical (unpaired) electrons. The molecule has 0 unspecified atom stereocenters. The van der Waals surface area contributed by atoms with Crippen LogP contribution in [0.3, 0.4) is 0 Å². The molecule has 114 valence electrons. The Kier molecular flexibility index (Phi) is 4.17. The molecule has 0 aliphatic rings. The Morgan fingerprint density at radius 3 is 2.67 bits per heavy atom. The number of carboxylic acid groups (broad SMARTS) is 1. The zero-order valence-electron chi connectivity index (χ0n) is 11.8. The summed E-state index contributed by atoms with van der Waals surface area (Å²) in [5, 5.41) is 12.9. The first-order valence-corrected chi connectivity index (χ1v) is 8.25. The second-order valence-corrected chi connectivity index (χ2v) is 7.89. The molecule has 21 heavy (non-hydrogen) atoms. The average molecular weight is 329 g/mol. The first-order valence-electron chi connectivity index (χ1n) is 5.99. The molecule has 0 aliphatic carbocycles. The summed E-state index contributed by atoms with van der Waals surface area (Å²) in [7, 11) is -0.520. The Hall–Kier alpha value is -1.71. The number of aromatic nitrogens is 2. The van der Waals surface area contributed by atoms with Gasteiger partial charge in [0.25, 0.3) is 0 Å². The van der Waals surface area contributed by atoms with Gasteiger partial charge in [-0.25, -0.2) is 13.2 Å². The number of aryl methyl sites for hydroxylation is 2. The van der Waals surface area contributed by atoms with Crippen LogP contribution in [0.5, 0.6) is 0 Å². The number of sulfonamides is 1. The summed E-state index contributed by atoms with van der Waals surface area (Å²) in [4.78, 5) is 11.5. The van der Waals surface area contributed by atoms with Crippen molar-refractivity contribution in [2.75, 3.05) is 7.05 Å². The summed E-state index contributed by atoms with van der Waals surface area (Å²) in [6.07, 6.45) is 3.32. The molecule has 2 heterocycles. The first kappa shape index (κ1) is 15.7. The zero-order chi connectivity index (χ0) is 15.8. The van der Waals surface area contributed by atoms with Crippen molar-refractivity contribution in [3.63, 3.8) is 0 Å². The minimum absolute atomic E-state index is 0.0147. The minimum atomic E-state index is -3.73. The summed E-state index contributed by atoms with van der Waals surface area (Å²) in [5.74, 6) is -1.13. The number of carboxylic acids is 1. The molecule has 7 nitrogen and oxygen atoms in total. The van der Waals surface area contributed by atoms with Crippen molar-refractivity contribution in [1.82, 2.24) is 14.1 Å². The van der Waals surface area contributed by atoms with Crippen molar-refractivity contribution in [3.05, 3.63) is 33.8 Å². The van der Waals surface area contributed by atoms with Crippen molar-refractivity contribution >= 4 is 27.3 Å². The fourth-order valence-electron chi connectivity index (χ4n) is 1.89. The van der Waals surface area contributed by atoms with Gasteiger partial charge in [0.15, 0.2) is 0 Å². The van der Waals surface area contributed by atoms with E-state index in [9.17, 15) is 13.2 Å². The molecule has 0 amide bonds. The van der Waals surface area contributed by atoms with Crippen LogP contribution in [0.25, 0.3) is 0 Å². The van der Waals surface area contributed by atoms with Crippen LogP contribution in [0.4, 0.5) is 0 Å². The van der Waals surface area contributed by atoms with Gasteiger partial charge in [0.05, 0.1) is 11.1 Å². The third kappa shape index (κ3) is 3.14. The van der Waals surface area contributed by atoms with Crippen molar-refractivity contribution < 1.29 is 18.3 Å². The lowest BCUT2D eigenvalue weighted by molar-refractivity contribution is 0.0702. The lowest BCUT2D eigenvalue weighted by Crippen LogP contribution is -2.26. The van der Waals surface area contributed by atoms with Crippen molar-refractivity contribution in [2.24, 2.45) is 7.05 Å². The summed E-state index contributed by atoms with van der Waals surface area (Å²) in [6, 6.07) is 1.21. The summed E-state index contributed by atoms with van der Waals surface area (Å²) in [5.41, 5.74) is 0.759. The lowest BCUT2D eigenvalue weighted by atomic mass is 10.4. The standard InChI is InChI=1S/C12H15N3O4S2/c1-8-11(4-10(20-8)12(16)17)21(18,19)15(3)7-9-5-13-14(2)6-9/h4-6H,7H2,1-3H3,(H,16,17). The summed E-state index contributed by atoms with van der Waals surface area (Å²) >= 11 is 0.955. The van der Waals surface area contributed by atoms with E-state index in [1.165, 1.54) is 17.4 Å². The Balaban J connectivity index is 2.30. The molecule has 2 aromatic heterocycles. The Morgan fingerprint density at radius 1 is 1.52 bits per heavy atom. The van der Waals surface area contributed by atoms with Crippen molar-refractivity contribution in [2.45, 2.75) is 18.4 Å². The molecule has 0 saturated carbocycles. The molecule has 1 N–H and O–H groups in total. The number of carbonyl (C=O) groups is 1. The van der Waals surface area contributed by atoms with Gasteiger partial charge in [0, 0.05) is 37.3 Å². The number of hydrogen-bond donors (Lipinski definition) is 1. The van der Waals surface area contributed by atoms with E-state index in [2.05, 4.69) is 5.10 Å². The van der Waals surface area contributed by atoms with Gasteiger partial charge in [-0.2, -0.15) is 9.40 Å². The third-order valence-electron chi connectivity index (χ3n) is 2.93. The number of nitrogens with zero attached hydrogens (tertiary/aromatic N) is 3. The molecular formula is C12H15N3O4S2. The quantitative estimate of drug-likeness (QED) is 0.893. The number of aromatic carboxylic acids is 1. The molecule has 0 spiro atoms. The smallest absolute Gasteiger partial charge is 0.345 e. The van der Waals surface area contributed by atoms with Crippen LogP contribution in [-0.2, 0) is 23.6 Å². The molecule has 0 bridgehead atoms. The van der Waals surface area contributed by atoms with Crippen LogP contribution in [0.15, 0.2) is 23.4 Å². The number of rotatable bonds is 5. The molecule has 0 saturated heterocycles.